The van der Waals surface area contributed by atoms with Gasteiger partial charge >= 0.3 is 0 Å². The van der Waals surface area contributed by atoms with Crippen LogP contribution in [0.5, 0.6) is 0 Å². The van der Waals surface area contributed by atoms with Crippen molar-refractivity contribution in [1.82, 2.24) is 10.6 Å². The Balaban J connectivity index is 1.88. The summed E-state index contributed by atoms with van der Waals surface area (Å²) in [6, 6.07) is 0.248. The maximum atomic E-state index is 12.5. The van der Waals surface area contributed by atoms with E-state index in [9.17, 15) is 4.79 Å². The molecule has 2 aliphatic rings. The van der Waals surface area contributed by atoms with Gasteiger partial charge in [0.25, 0.3) is 0 Å². The van der Waals surface area contributed by atoms with E-state index < -0.39 is 0 Å². The predicted octanol–water partition coefficient (Wildman–Crippen LogP) is 1.40. The van der Waals surface area contributed by atoms with E-state index in [1.165, 1.54) is 12.8 Å². The normalized spacial score (nSPS) is 37.6. The molecule has 0 aromatic heterocycles. The molecule has 0 radical (unpaired) electrons. The average Bonchev–Trinajstić information content (AvgIpc) is 2.39. The average molecular weight is 267 g/mol. The van der Waals surface area contributed by atoms with Gasteiger partial charge in [-0.15, -0.1) is 0 Å². The third-order valence-corrected chi connectivity index (χ3v) is 4.98. The van der Waals surface area contributed by atoms with Gasteiger partial charge in [-0.2, -0.15) is 0 Å². The summed E-state index contributed by atoms with van der Waals surface area (Å²) in [4.78, 5) is 12.5. The van der Waals surface area contributed by atoms with E-state index in [0.717, 1.165) is 38.8 Å². The highest BCUT2D eigenvalue weighted by molar-refractivity contribution is 5.80. The summed E-state index contributed by atoms with van der Waals surface area (Å²) in [6.45, 7) is 6.29. The summed E-state index contributed by atoms with van der Waals surface area (Å²) in [7, 11) is 0. The van der Waals surface area contributed by atoms with Gasteiger partial charge < -0.3 is 16.4 Å². The van der Waals surface area contributed by atoms with Gasteiger partial charge in [0.2, 0.25) is 5.91 Å². The molecule has 0 aromatic carbocycles. The zero-order valence-corrected chi connectivity index (χ0v) is 12.4. The van der Waals surface area contributed by atoms with Crippen LogP contribution in [0, 0.1) is 11.8 Å². The van der Waals surface area contributed by atoms with Crippen LogP contribution in [0.2, 0.25) is 0 Å². The van der Waals surface area contributed by atoms with E-state index in [1.54, 1.807) is 0 Å². The summed E-state index contributed by atoms with van der Waals surface area (Å²) in [5.74, 6) is 0.716. The number of carbonyl (C=O) groups excluding carboxylic acids is 1. The van der Waals surface area contributed by atoms with Crippen molar-refractivity contribution in [1.29, 1.82) is 0 Å². The molecule has 1 saturated heterocycles. The van der Waals surface area contributed by atoms with E-state index in [1.807, 2.05) is 6.92 Å². The largest absolute Gasteiger partial charge is 0.353 e. The van der Waals surface area contributed by atoms with E-state index in [2.05, 4.69) is 17.6 Å². The standard InChI is InChI=1S/C15H29N3O/c1-11(12-6-5-9-17-10-12)18-14(19)13-7-3-4-8-15(13,2)16/h11-13,17H,3-10,16H2,1-2H3,(H,18,19). The number of nitrogens with two attached hydrogens (primary N) is 1. The summed E-state index contributed by atoms with van der Waals surface area (Å²) in [5.41, 5.74) is 5.98. The molecule has 0 aromatic rings. The zero-order valence-electron chi connectivity index (χ0n) is 12.4. The predicted molar refractivity (Wildman–Crippen MR) is 77.7 cm³/mol. The second-order valence-corrected chi connectivity index (χ2v) is 6.71. The molecule has 4 unspecified atom stereocenters. The lowest BCUT2D eigenvalue weighted by molar-refractivity contribution is -0.129. The molecule has 19 heavy (non-hydrogen) atoms. The summed E-state index contributed by atoms with van der Waals surface area (Å²) in [6.07, 6.45) is 6.60. The minimum absolute atomic E-state index is 0.0137. The molecule has 1 aliphatic carbocycles. The summed E-state index contributed by atoms with van der Waals surface area (Å²) < 4.78 is 0. The van der Waals surface area contributed by atoms with Gasteiger partial charge in [-0.1, -0.05) is 12.8 Å². The number of hydrogen-bond acceptors (Lipinski definition) is 3. The van der Waals surface area contributed by atoms with Gasteiger partial charge in [-0.05, 0) is 58.5 Å². The van der Waals surface area contributed by atoms with Crippen molar-refractivity contribution in [2.24, 2.45) is 17.6 Å². The van der Waals surface area contributed by atoms with Crippen LogP contribution in [0.25, 0.3) is 0 Å². The molecular weight excluding hydrogens is 238 g/mol. The maximum Gasteiger partial charge on any atom is 0.225 e. The van der Waals surface area contributed by atoms with Crippen molar-refractivity contribution in [3.05, 3.63) is 0 Å². The lowest BCUT2D eigenvalue weighted by Crippen LogP contribution is -2.55. The number of nitrogens with one attached hydrogen (secondary N) is 2. The Kier molecular flexibility index (Phi) is 4.85. The Labute approximate surface area is 116 Å². The summed E-state index contributed by atoms with van der Waals surface area (Å²) >= 11 is 0. The van der Waals surface area contributed by atoms with Crippen LogP contribution in [0.4, 0.5) is 0 Å². The van der Waals surface area contributed by atoms with Crippen molar-refractivity contribution < 1.29 is 4.79 Å². The smallest absolute Gasteiger partial charge is 0.225 e. The molecule has 4 N–H and O–H groups in total. The van der Waals surface area contributed by atoms with Gasteiger partial charge in [0.1, 0.15) is 0 Å². The second kappa shape index (κ2) is 6.23. The molecule has 1 heterocycles. The number of carbonyl (C=O) groups is 1. The topological polar surface area (TPSA) is 67.2 Å². The van der Waals surface area contributed by atoms with Crippen LogP contribution in [-0.2, 0) is 4.79 Å². The number of hydrogen-bond donors (Lipinski definition) is 3. The quantitative estimate of drug-likeness (QED) is 0.724. The molecule has 0 bridgehead atoms. The van der Waals surface area contributed by atoms with Crippen LogP contribution in [0.1, 0.15) is 52.4 Å². The molecule has 2 rings (SSSR count). The lowest BCUT2D eigenvalue weighted by atomic mass is 9.74. The maximum absolute atomic E-state index is 12.5. The Morgan fingerprint density at radius 2 is 2.16 bits per heavy atom. The van der Waals surface area contributed by atoms with Gasteiger partial charge in [0, 0.05) is 11.6 Å². The monoisotopic (exact) mass is 267 g/mol. The molecule has 1 amide bonds. The lowest BCUT2D eigenvalue weighted by Gasteiger charge is -2.38. The van der Waals surface area contributed by atoms with Crippen molar-refractivity contribution >= 4 is 5.91 Å². The van der Waals surface area contributed by atoms with Crippen LogP contribution >= 0.6 is 0 Å². The highest BCUT2D eigenvalue weighted by Crippen LogP contribution is 2.32. The fourth-order valence-corrected chi connectivity index (χ4v) is 3.54. The van der Waals surface area contributed by atoms with Gasteiger partial charge in [0.05, 0.1) is 5.92 Å². The Morgan fingerprint density at radius 1 is 1.37 bits per heavy atom. The number of amides is 1. The third-order valence-electron chi connectivity index (χ3n) is 4.98. The third kappa shape index (κ3) is 3.69. The highest BCUT2D eigenvalue weighted by Gasteiger charge is 2.38. The SMILES string of the molecule is CC(NC(=O)C1CCCCC1(C)N)C1CCCNC1. The first-order valence-electron chi connectivity index (χ1n) is 7.80. The van der Waals surface area contributed by atoms with Gasteiger partial charge in [-0.25, -0.2) is 0 Å². The Morgan fingerprint density at radius 3 is 2.79 bits per heavy atom. The first-order chi connectivity index (χ1) is 9.00. The van der Waals surface area contributed by atoms with Crippen molar-refractivity contribution in [3.63, 3.8) is 0 Å². The van der Waals surface area contributed by atoms with E-state index in [0.29, 0.717) is 5.92 Å². The number of piperidine rings is 1. The molecule has 1 aliphatic heterocycles. The molecule has 2 fully saturated rings. The van der Waals surface area contributed by atoms with Crippen molar-refractivity contribution in [3.8, 4) is 0 Å². The van der Waals surface area contributed by atoms with E-state index in [-0.39, 0.29) is 23.4 Å². The second-order valence-electron chi connectivity index (χ2n) is 6.71. The highest BCUT2D eigenvalue weighted by atomic mass is 16.2. The fourth-order valence-electron chi connectivity index (χ4n) is 3.54. The van der Waals surface area contributed by atoms with Crippen LogP contribution in [0.15, 0.2) is 0 Å². The molecule has 1 saturated carbocycles. The van der Waals surface area contributed by atoms with E-state index in [4.69, 9.17) is 5.73 Å². The molecule has 0 spiro atoms. The minimum Gasteiger partial charge on any atom is -0.353 e. The number of rotatable bonds is 3. The van der Waals surface area contributed by atoms with Crippen molar-refractivity contribution in [2.75, 3.05) is 13.1 Å². The zero-order chi connectivity index (χ0) is 13.9. The first kappa shape index (κ1) is 14.8. The summed E-state index contributed by atoms with van der Waals surface area (Å²) in [5, 5.41) is 6.62. The fraction of sp³-hybridized carbons (Fsp3) is 0.933. The van der Waals surface area contributed by atoms with Crippen LogP contribution in [-0.4, -0.2) is 30.6 Å². The van der Waals surface area contributed by atoms with Crippen molar-refractivity contribution in [2.45, 2.75) is 64.0 Å². The van der Waals surface area contributed by atoms with Gasteiger partial charge in [0.15, 0.2) is 0 Å². The molecule has 4 atom stereocenters. The van der Waals surface area contributed by atoms with Gasteiger partial charge in [-0.3, -0.25) is 4.79 Å². The molecule has 4 nitrogen and oxygen atoms in total. The molecule has 110 valence electrons. The van der Waals surface area contributed by atoms with Crippen LogP contribution < -0.4 is 16.4 Å². The van der Waals surface area contributed by atoms with E-state index >= 15 is 0 Å². The molecule has 4 heteroatoms. The Hall–Kier alpha value is -0.610. The first-order valence-corrected chi connectivity index (χ1v) is 7.80. The van der Waals surface area contributed by atoms with Crippen LogP contribution in [0.3, 0.4) is 0 Å². The minimum atomic E-state index is -0.327. The Bertz CT molecular complexity index is 311. The molecular formula is C15H29N3O.